The van der Waals surface area contributed by atoms with Crippen LogP contribution in [0.2, 0.25) is 0 Å². The second-order valence-corrected chi connectivity index (χ2v) is 9.39. The van der Waals surface area contributed by atoms with E-state index >= 15 is 0 Å². The molecule has 170 valence electrons. The van der Waals surface area contributed by atoms with Crippen LogP contribution in [-0.2, 0) is 42.4 Å². The average Bonchev–Trinajstić information content (AvgIpc) is 3.14. The Morgan fingerprint density at radius 1 is 1.23 bits per heavy atom. The van der Waals surface area contributed by atoms with Gasteiger partial charge in [-0.2, -0.15) is 4.28 Å². The molecule has 1 aromatic heterocycles. The van der Waals surface area contributed by atoms with Crippen LogP contribution in [0.25, 0.3) is 0 Å². The SMILES string of the molecule is CCc1csc([C@@H](Cc2ccc(NO[SH](=O)=O)cc2)[C@@H](C(N)=O)C(=O)OC(C)(C)C)n1. The minimum Gasteiger partial charge on any atom is -0.459 e. The molecule has 11 heteroatoms. The minimum absolute atomic E-state index is 0.306. The van der Waals surface area contributed by atoms with E-state index in [1.165, 1.54) is 11.3 Å². The zero-order valence-electron chi connectivity index (χ0n) is 17.8. The molecular formula is C20H27N3O6S2. The van der Waals surface area contributed by atoms with Crippen LogP contribution >= 0.6 is 11.3 Å². The first-order valence-corrected chi connectivity index (χ1v) is 11.6. The molecule has 0 unspecified atom stereocenters. The van der Waals surface area contributed by atoms with E-state index in [4.69, 9.17) is 10.5 Å². The summed E-state index contributed by atoms with van der Waals surface area (Å²) in [5.74, 6) is -3.29. The molecule has 0 aliphatic rings. The molecule has 1 heterocycles. The number of ether oxygens (including phenoxy) is 1. The quantitative estimate of drug-likeness (QED) is 0.209. The van der Waals surface area contributed by atoms with E-state index in [1.54, 1.807) is 45.0 Å². The summed E-state index contributed by atoms with van der Waals surface area (Å²) in [6, 6.07) is 6.71. The number of carbonyl (C=O) groups is 2. The van der Waals surface area contributed by atoms with Crippen LogP contribution in [0.1, 0.15) is 49.9 Å². The molecule has 31 heavy (non-hydrogen) atoms. The lowest BCUT2D eigenvalue weighted by Gasteiger charge is -2.26. The van der Waals surface area contributed by atoms with E-state index in [1.807, 2.05) is 12.3 Å². The van der Waals surface area contributed by atoms with Gasteiger partial charge in [-0.1, -0.05) is 19.1 Å². The number of nitrogens with one attached hydrogen (secondary N) is 1. The first kappa shape index (κ1) is 24.8. The molecule has 0 fully saturated rings. The molecule has 2 atom stereocenters. The largest absolute Gasteiger partial charge is 0.459 e. The van der Waals surface area contributed by atoms with Gasteiger partial charge in [-0.15, -0.1) is 11.3 Å². The summed E-state index contributed by atoms with van der Waals surface area (Å²) < 4.78 is 30.9. The highest BCUT2D eigenvalue weighted by Crippen LogP contribution is 2.33. The van der Waals surface area contributed by atoms with Crippen molar-refractivity contribution in [3.8, 4) is 0 Å². The molecule has 1 aromatic carbocycles. The molecular weight excluding hydrogens is 442 g/mol. The van der Waals surface area contributed by atoms with Crippen molar-refractivity contribution in [2.24, 2.45) is 11.7 Å². The Bertz CT molecular complexity index is 972. The second kappa shape index (κ2) is 10.7. The van der Waals surface area contributed by atoms with Gasteiger partial charge in [0.05, 0.1) is 16.4 Å². The Hall–Kier alpha value is -2.50. The minimum atomic E-state index is -3.03. The maximum atomic E-state index is 12.9. The predicted octanol–water partition coefficient (Wildman–Crippen LogP) is 2.34. The molecule has 0 radical (unpaired) electrons. The highest BCUT2D eigenvalue weighted by atomic mass is 32.2. The van der Waals surface area contributed by atoms with Gasteiger partial charge in [-0.05, 0) is 51.3 Å². The summed E-state index contributed by atoms with van der Waals surface area (Å²) in [6.45, 7) is 7.14. The van der Waals surface area contributed by atoms with Crippen molar-refractivity contribution < 1.29 is 27.0 Å². The third-order valence-electron chi connectivity index (χ3n) is 4.27. The van der Waals surface area contributed by atoms with Gasteiger partial charge in [-0.3, -0.25) is 9.59 Å². The molecule has 9 nitrogen and oxygen atoms in total. The number of hydrogen-bond donors (Lipinski definition) is 3. The third kappa shape index (κ3) is 7.60. The zero-order chi connectivity index (χ0) is 23.2. The molecule has 0 aliphatic carbocycles. The fourth-order valence-electron chi connectivity index (χ4n) is 2.90. The van der Waals surface area contributed by atoms with E-state index in [9.17, 15) is 18.0 Å². The number of hydrogen-bond acceptors (Lipinski definition) is 9. The summed E-state index contributed by atoms with van der Waals surface area (Å²) in [6.07, 6.45) is 1.03. The van der Waals surface area contributed by atoms with Crippen LogP contribution in [0, 0.1) is 5.92 Å². The van der Waals surface area contributed by atoms with Gasteiger partial charge in [0.25, 0.3) is 11.0 Å². The summed E-state index contributed by atoms with van der Waals surface area (Å²) >= 11 is 1.37. The number of rotatable bonds is 10. The van der Waals surface area contributed by atoms with Gasteiger partial charge < -0.3 is 10.5 Å². The predicted molar refractivity (Wildman–Crippen MR) is 118 cm³/mol. The van der Waals surface area contributed by atoms with Gasteiger partial charge in [0.2, 0.25) is 5.91 Å². The van der Waals surface area contributed by atoms with Crippen LogP contribution in [0.15, 0.2) is 29.6 Å². The van der Waals surface area contributed by atoms with Crippen LogP contribution in [0.5, 0.6) is 0 Å². The van der Waals surface area contributed by atoms with E-state index in [-0.39, 0.29) is 0 Å². The number of aromatic nitrogens is 1. The zero-order valence-corrected chi connectivity index (χ0v) is 19.5. The van der Waals surface area contributed by atoms with Crippen LogP contribution in [0.4, 0.5) is 5.69 Å². The van der Waals surface area contributed by atoms with Gasteiger partial charge >= 0.3 is 5.97 Å². The number of carbonyl (C=O) groups excluding carboxylic acids is 2. The first-order chi connectivity index (χ1) is 14.5. The molecule has 0 saturated carbocycles. The van der Waals surface area contributed by atoms with E-state index in [2.05, 4.69) is 14.7 Å². The van der Waals surface area contributed by atoms with Crippen molar-refractivity contribution in [1.29, 1.82) is 0 Å². The Labute approximate surface area is 187 Å². The fraction of sp³-hybridized carbons (Fsp3) is 0.450. The Kier molecular flexibility index (Phi) is 8.54. The normalized spacial score (nSPS) is 13.6. The lowest BCUT2D eigenvalue weighted by Crippen LogP contribution is -2.40. The summed E-state index contributed by atoms with van der Waals surface area (Å²) in [5.41, 5.74) is 9.24. The number of benzene rings is 1. The number of amides is 1. The number of esters is 1. The molecule has 1 amide bonds. The number of anilines is 1. The van der Waals surface area contributed by atoms with Crippen molar-refractivity contribution >= 4 is 39.9 Å². The molecule has 0 bridgehead atoms. The van der Waals surface area contributed by atoms with Gasteiger partial charge in [0, 0.05) is 11.3 Å². The third-order valence-corrected chi connectivity index (χ3v) is 5.53. The molecule has 0 spiro atoms. The number of nitrogens with zero attached hydrogens (tertiary/aromatic N) is 1. The van der Waals surface area contributed by atoms with Gasteiger partial charge in [-0.25, -0.2) is 18.9 Å². The topological polar surface area (TPSA) is 138 Å². The van der Waals surface area contributed by atoms with Gasteiger partial charge in [0.1, 0.15) is 11.5 Å². The van der Waals surface area contributed by atoms with Gasteiger partial charge in [0.15, 0.2) is 0 Å². The Morgan fingerprint density at radius 2 is 1.87 bits per heavy atom. The summed E-state index contributed by atoms with van der Waals surface area (Å²) in [4.78, 5) is 29.8. The monoisotopic (exact) mass is 469 g/mol. The number of thiazole rings is 1. The van der Waals surface area contributed by atoms with Crippen molar-refractivity contribution in [3.63, 3.8) is 0 Å². The number of aryl methyl sites for hydroxylation is 1. The molecule has 0 saturated heterocycles. The maximum Gasteiger partial charge on any atom is 0.319 e. The fourth-order valence-corrected chi connectivity index (χ4v) is 4.12. The van der Waals surface area contributed by atoms with Crippen LogP contribution < -0.4 is 11.2 Å². The molecule has 0 aliphatic heterocycles. The Morgan fingerprint density at radius 3 is 2.35 bits per heavy atom. The van der Waals surface area contributed by atoms with Crippen molar-refractivity contribution in [3.05, 3.63) is 45.9 Å². The average molecular weight is 470 g/mol. The van der Waals surface area contributed by atoms with Crippen molar-refractivity contribution in [2.45, 2.75) is 52.1 Å². The standard InChI is InChI=1S/C20H27N3O6S2/c1-5-13-11-30-18(22-13)15(16(17(21)24)19(25)28-20(2,3)4)10-12-6-8-14(9-7-12)23-29-31(26)27/h6-9,11,15-16,23,31H,5,10H2,1-4H3,(H2,21,24)/t15-,16-/m0/s1. The second-order valence-electron chi connectivity index (χ2n) is 7.87. The lowest BCUT2D eigenvalue weighted by atomic mass is 9.86. The van der Waals surface area contributed by atoms with E-state index in [0.717, 1.165) is 17.7 Å². The summed E-state index contributed by atoms with van der Waals surface area (Å²) in [5, 5.41) is 2.52. The number of nitrogens with two attached hydrogens (primary N) is 1. The summed E-state index contributed by atoms with van der Waals surface area (Å²) in [7, 11) is -3.03. The van der Waals surface area contributed by atoms with E-state index < -0.39 is 40.3 Å². The Balaban J connectivity index is 2.35. The van der Waals surface area contributed by atoms with E-state index in [0.29, 0.717) is 17.1 Å². The van der Waals surface area contributed by atoms with Crippen LogP contribution in [-0.4, -0.2) is 30.9 Å². The first-order valence-electron chi connectivity index (χ1n) is 9.63. The highest BCUT2D eigenvalue weighted by Gasteiger charge is 2.39. The van der Waals surface area contributed by atoms with Crippen LogP contribution in [0.3, 0.4) is 0 Å². The smallest absolute Gasteiger partial charge is 0.319 e. The number of thiol groups is 1. The highest BCUT2D eigenvalue weighted by molar-refractivity contribution is 7.67. The molecule has 3 N–H and O–H groups in total. The number of primary amides is 1. The maximum absolute atomic E-state index is 12.9. The van der Waals surface area contributed by atoms with Crippen molar-refractivity contribution in [1.82, 2.24) is 4.98 Å². The lowest BCUT2D eigenvalue weighted by molar-refractivity contribution is -0.162. The van der Waals surface area contributed by atoms with Crippen molar-refractivity contribution in [2.75, 3.05) is 5.48 Å². The molecule has 2 aromatic rings. The molecule has 2 rings (SSSR count).